The fourth-order valence-corrected chi connectivity index (χ4v) is 4.15. The Labute approximate surface area is 170 Å². The summed E-state index contributed by atoms with van der Waals surface area (Å²) in [6, 6.07) is 12.6. The summed E-state index contributed by atoms with van der Waals surface area (Å²) in [6.07, 6.45) is 6.65. The van der Waals surface area contributed by atoms with E-state index in [0.29, 0.717) is 5.82 Å². The molecule has 0 aliphatic carbocycles. The van der Waals surface area contributed by atoms with E-state index < -0.39 is 0 Å². The summed E-state index contributed by atoms with van der Waals surface area (Å²) in [5.74, 6) is 1.61. The molecule has 0 radical (unpaired) electrons. The molecule has 0 atom stereocenters. The van der Waals surface area contributed by atoms with Crippen molar-refractivity contribution >= 4 is 43.3 Å². The Balaban J connectivity index is 1.42. The van der Waals surface area contributed by atoms with Crippen molar-refractivity contribution in [2.24, 2.45) is 0 Å². The lowest BCUT2D eigenvalue weighted by Gasteiger charge is -2.08. The van der Waals surface area contributed by atoms with E-state index in [1.165, 1.54) is 10.4 Å². The van der Waals surface area contributed by atoms with Gasteiger partial charge < -0.3 is 9.73 Å². The lowest BCUT2D eigenvalue weighted by molar-refractivity contribution is 0.568. The van der Waals surface area contributed by atoms with Gasteiger partial charge in [0.2, 0.25) is 0 Å². The van der Waals surface area contributed by atoms with Gasteiger partial charge in [0.1, 0.15) is 16.9 Å². The van der Waals surface area contributed by atoms with Crippen molar-refractivity contribution in [1.29, 1.82) is 0 Å². The van der Waals surface area contributed by atoms with Gasteiger partial charge in [-0.25, -0.2) is 9.97 Å². The third-order valence-corrected chi connectivity index (χ3v) is 5.87. The predicted octanol–water partition coefficient (Wildman–Crippen LogP) is 6.46. The van der Waals surface area contributed by atoms with Crippen LogP contribution in [0.3, 0.4) is 0 Å². The first kappa shape index (κ1) is 18.2. The molecule has 0 aliphatic rings. The highest BCUT2D eigenvalue weighted by Gasteiger charge is 2.12. The lowest BCUT2D eigenvalue weighted by atomic mass is 10.1. The van der Waals surface area contributed by atoms with Crippen molar-refractivity contribution < 1.29 is 4.42 Å². The zero-order chi connectivity index (χ0) is 18.6. The van der Waals surface area contributed by atoms with Gasteiger partial charge in [-0.05, 0) is 56.0 Å². The number of nitrogens with zero attached hydrogens (tertiary/aromatic N) is 2. The maximum Gasteiger partial charge on any atom is 0.166 e. The van der Waals surface area contributed by atoms with E-state index in [9.17, 15) is 0 Å². The summed E-state index contributed by atoms with van der Waals surface area (Å²) >= 11 is 5.17. The number of hydrogen-bond donors (Lipinski definition) is 1. The van der Waals surface area contributed by atoms with E-state index in [4.69, 9.17) is 14.4 Å². The summed E-state index contributed by atoms with van der Waals surface area (Å²) in [7, 11) is 0. The average molecular weight is 442 g/mol. The predicted molar refractivity (Wildman–Crippen MR) is 115 cm³/mol. The highest BCUT2D eigenvalue weighted by atomic mass is 79.9. The summed E-state index contributed by atoms with van der Waals surface area (Å²) in [6.45, 7) is 2.99. The first-order valence-corrected chi connectivity index (χ1v) is 10.6. The second-order valence-corrected chi connectivity index (χ2v) is 8.64. The third kappa shape index (κ3) is 4.39. The maximum atomic E-state index is 5.19. The number of fused-ring (bicyclic) bond motifs is 1. The van der Waals surface area contributed by atoms with Crippen molar-refractivity contribution in [3.05, 3.63) is 63.8 Å². The minimum atomic E-state index is 0.704. The number of rotatable bonds is 7. The number of aryl methyl sites for hydroxylation is 2. The molecule has 1 N–H and O–H groups in total. The summed E-state index contributed by atoms with van der Waals surface area (Å²) in [5, 5.41) is 4.61. The van der Waals surface area contributed by atoms with Gasteiger partial charge >= 0.3 is 0 Å². The Morgan fingerprint density at radius 1 is 1.11 bits per heavy atom. The largest absolute Gasteiger partial charge is 0.472 e. The van der Waals surface area contributed by atoms with Gasteiger partial charge in [0.25, 0.3) is 0 Å². The zero-order valence-corrected chi connectivity index (χ0v) is 17.4. The highest BCUT2D eigenvalue weighted by Crippen LogP contribution is 2.31. The van der Waals surface area contributed by atoms with E-state index in [0.717, 1.165) is 51.9 Å². The Kier molecular flexibility index (Phi) is 5.55. The van der Waals surface area contributed by atoms with Crippen molar-refractivity contribution in [3.63, 3.8) is 0 Å². The van der Waals surface area contributed by atoms with Crippen molar-refractivity contribution in [2.75, 3.05) is 11.9 Å². The van der Waals surface area contributed by atoms with Crippen LogP contribution in [0.15, 0.2) is 57.8 Å². The SMILES string of the molecule is Cc1cc2c(NCCCCc3ccc(Br)cc3)nc(-c3ccoc3)nc2s1. The summed E-state index contributed by atoms with van der Waals surface area (Å²) < 4.78 is 6.31. The number of hydrogen-bond acceptors (Lipinski definition) is 5. The first-order chi connectivity index (χ1) is 13.2. The van der Waals surface area contributed by atoms with Crippen LogP contribution < -0.4 is 5.32 Å². The van der Waals surface area contributed by atoms with E-state index in [1.807, 2.05) is 6.07 Å². The highest BCUT2D eigenvalue weighted by molar-refractivity contribution is 9.10. The molecule has 0 bridgehead atoms. The monoisotopic (exact) mass is 441 g/mol. The Bertz CT molecular complexity index is 1030. The van der Waals surface area contributed by atoms with Crippen LogP contribution in [-0.2, 0) is 6.42 Å². The van der Waals surface area contributed by atoms with Gasteiger partial charge in [-0.2, -0.15) is 0 Å². The van der Waals surface area contributed by atoms with E-state index in [-0.39, 0.29) is 0 Å². The molecule has 0 unspecified atom stereocenters. The van der Waals surface area contributed by atoms with Crippen molar-refractivity contribution in [2.45, 2.75) is 26.2 Å². The molecule has 27 heavy (non-hydrogen) atoms. The minimum Gasteiger partial charge on any atom is -0.472 e. The van der Waals surface area contributed by atoms with Crippen molar-refractivity contribution in [1.82, 2.24) is 9.97 Å². The second-order valence-electron chi connectivity index (χ2n) is 6.49. The van der Waals surface area contributed by atoms with Gasteiger partial charge in [0.15, 0.2) is 5.82 Å². The van der Waals surface area contributed by atoms with Crippen molar-refractivity contribution in [3.8, 4) is 11.4 Å². The van der Waals surface area contributed by atoms with Crippen LogP contribution in [0.5, 0.6) is 0 Å². The molecule has 4 aromatic rings. The third-order valence-electron chi connectivity index (χ3n) is 4.39. The topological polar surface area (TPSA) is 51.0 Å². The Hall–Kier alpha value is -2.18. The van der Waals surface area contributed by atoms with Crippen LogP contribution in [0, 0.1) is 6.92 Å². The van der Waals surface area contributed by atoms with E-state index in [2.05, 4.69) is 58.5 Å². The molecule has 3 aromatic heterocycles. The number of thiophene rings is 1. The van der Waals surface area contributed by atoms with Gasteiger partial charge in [-0.15, -0.1) is 11.3 Å². The molecule has 0 saturated carbocycles. The first-order valence-electron chi connectivity index (χ1n) is 8.98. The molecule has 4 nitrogen and oxygen atoms in total. The quantitative estimate of drug-likeness (QED) is 0.334. The fourth-order valence-electron chi connectivity index (χ4n) is 3.01. The average Bonchev–Trinajstić information content (AvgIpc) is 3.31. The van der Waals surface area contributed by atoms with Crippen LogP contribution >= 0.6 is 27.3 Å². The molecule has 138 valence electrons. The summed E-state index contributed by atoms with van der Waals surface area (Å²) in [4.78, 5) is 11.7. The standard InChI is InChI=1S/C21H20BrN3OS/c1-14-12-18-20(23-10-3-2-4-15-5-7-17(22)8-6-15)24-19(25-21(18)27-14)16-9-11-26-13-16/h5-9,11-13H,2-4,10H2,1H3,(H,23,24,25). The smallest absolute Gasteiger partial charge is 0.166 e. The Morgan fingerprint density at radius 3 is 2.74 bits per heavy atom. The van der Waals surface area contributed by atoms with Gasteiger partial charge in [0.05, 0.1) is 17.2 Å². The number of aromatic nitrogens is 2. The van der Waals surface area contributed by atoms with Crippen LogP contribution in [0.2, 0.25) is 0 Å². The molecule has 0 aliphatic heterocycles. The molecule has 3 heterocycles. The number of halogens is 1. The molecule has 0 spiro atoms. The minimum absolute atomic E-state index is 0.704. The number of nitrogens with one attached hydrogen (secondary N) is 1. The van der Waals surface area contributed by atoms with Crippen LogP contribution in [-0.4, -0.2) is 16.5 Å². The molecule has 0 amide bonds. The normalized spacial score (nSPS) is 11.2. The number of benzene rings is 1. The maximum absolute atomic E-state index is 5.19. The van der Waals surface area contributed by atoms with Crippen LogP contribution in [0.25, 0.3) is 21.6 Å². The molecule has 1 aromatic carbocycles. The number of furan rings is 1. The van der Waals surface area contributed by atoms with Crippen LogP contribution in [0.1, 0.15) is 23.3 Å². The van der Waals surface area contributed by atoms with Gasteiger partial charge in [-0.1, -0.05) is 28.1 Å². The molecule has 4 rings (SSSR count). The Morgan fingerprint density at radius 2 is 1.96 bits per heavy atom. The molecular formula is C21H20BrN3OS. The lowest BCUT2D eigenvalue weighted by Crippen LogP contribution is -2.05. The van der Waals surface area contributed by atoms with Gasteiger partial charge in [0, 0.05) is 15.9 Å². The van der Waals surface area contributed by atoms with Crippen LogP contribution in [0.4, 0.5) is 5.82 Å². The second kappa shape index (κ2) is 8.23. The van der Waals surface area contributed by atoms with E-state index >= 15 is 0 Å². The zero-order valence-electron chi connectivity index (χ0n) is 15.0. The van der Waals surface area contributed by atoms with E-state index in [1.54, 1.807) is 23.9 Å². The summed E-state index contributed by atoms with van der Waals surface area (Å²) in [5.41, 5.74) is 2.28. The fraction of sp³-hybridized carbons (Fsp3) is 0.238. The molecule has 6 heteroatoms. The van der Waals surface area contributed by atoms with Gasteiger partial charge in [-0.3, -0.25) is 0 Å². The molecule has 0 saturated heterocycles. The molecular weight excluding hydrogens is 422 g/mol. The number of unbranched alkanes of at least 4 members (excludes halogenated alkanes) is 1. The molecule has 0 fully saturated rings. The number of anilines is 1.